The van der Waals surface area contributed by atoms with Crippen molar-refractivity contribution in [1.29, 1.82) is 0 Å². The van der Waals surface area contributed by atoms with Crippen LogP contribution in [-0.4, -0.2) is 26.2 Å². The van der Waals surface area contributed by atoms with Gasteiger partial charge in [0.15, 0.2) is 0 Å². The molecule has 0 aliphatic heterocycles. The van der Waals surface area contributed by atoms with Crippen LogP contribution in [0.25, 0.3) is 20.0 Å². The molecule has 0 fully saturated rings. The van der Waals surface area contributed by atoms with Crippen molar-refractivity contribution in [2.45, 2.75) is 0 Å². The Hall–Kier alpha value is -2.04. The van der Waals surface area contributed by atoms with E-state index < -0.39 is 0 Å². The van der Waals surface area contributed by atoms with Crippen LogP contribution in [0.5, 0.6) is 0 Å². The Morgan fingerprint density at radius 1 is 0.857 bits per heavy atom. The van der Waals surface area contributed by atoms with Gasteiger partial charge in [-0.3, -0.25) is 0 Å². The van der Waals surface area contributed by atoms with Gasteiger partial charge in [0.25, 0.3) is 0 Å². The van der Waals surface area contributed by atoms with Gasteiger partial charge in [-0.15, -0.1) is 0 Å². The summed E-state index contributed by atoms with van der Waals surface area (Å²) in [4.78, 5) is 0. The molecule has 1 heterocycles. The first kappa shape index (κ1) is 13.9. The number of rotatable bonds is 2. The summed E-state index contributed by atoms with van der Waals surface area (Å²) in [6.07, 6.45) is 0. The van der Waals surface area contributed by atoms with Crippen molar-refractivity contribution in [2.75, 3.05) is 6.61 Å². The number of hydrogen-bond acceptors (Lipinski definition) is 1. The summed E-state index contributed by atoms with van der Waals surface area (Å²) in [5.41, 5.74) is 3.52. The summed E-state index contributed by atoms with van der Waals surface area (Å²) in [6, 6.07) is 23.0. The Morgan fingerprint density at radius 3 is 2.10 bits per heavy atom. The first-order valence-corrected chi connectivity index (χ1v) is 8.44. The molecule has 2 heteroatoms. The molecule has 0 saturated heterocycles. The molecule has 0 atom stereocenters. The second kappa shape index (κ2) is 6.61. The molecule has 0 radical (unpaired) electrons. The molecule has 1 nitrogen and oxygen atoms in total. The summed E-state index contributed by atoms with van der Waals surface area (Å²) in [7, 11) is 0. The van der Waals surface area contributed by atoms with E-state index >= 15 is 0 Å². The minimum absolute atomic E-state index is 0.104. The van der Waals surface area contributed by atoms with E-state index in [4.69, 9.17) is 5.11 Å². The Labute approximate surface area is 130 Å². The third kappa shape index (κ3) is 3.17. The molecule has 0 aliphatic rings. The van der Waals surface area contributed by atoms with Crippen molar-refractivity contribution >= 4 is 14.5 Å². The van der Waals surface area contributed by atoms with E-state index in [1.807, 2.05) is 12.1 Å². The molecule has 0 spiro atoms. The molecule has 0 bridgehead atoms. The Bertz CT molecular complexity index is 777. The second-order valence-electron chi connectivity index (χ2n) is 4.55. The molecular formula is C19H14OSe. The SMILES string of the molecule is OCC#Cc1cc(-c2ccccc2)[se]c1-c1ccccc1. The summed E-state index contributed by atoms with van der Waals surface area (Å²) in [5.74, 6) is 5.87. The molecule has 3 aromatic rings. The van der Waals surface area contributed by atoms with Crippen LogP contribution in [0.4, 0.5) is 0 Å². The van der Waals surface area contributed by atoms with E-state index in [1.54, 1.807) is 0 Å². The average Bonchev–Trinajstić information content (AvgIpc) is 2.99. The van der Waals surface area contributed by atoms with Crippen LogP contribution in [0, 0.1) is 11.8 Å². The number of aliphatic hydroxyl groups excluding tert-OH is 1. The molecule has 102 valence electrons. The molecule has 3 rings (SSSR count). The number of benzene rings is 2. The summed E-state index contributed by atoms with van der Waals surface area (Å²) in [6.45, 7) is -0.104. The van der Waals surface area contributed by atoms with E-state index in [2.05, 4.69) is 66.4 Å². The van der Waals surface area contributed by atoms with E-state index in [0.29, 0.717) is 0 Å². The fraction of sp³-hybridized carbons (Fsp3) is 0.0526. The van der Waals surface area contributed by atoms with Crippen molar-refractivity contribution in [3.8, 4) is 31.8 Å². The van der Waals surface area contributed by atoms with Gasteiger partial charge in [-0.05, 0) is 0 Å². The topological polar surface area (TPSA) is 20.2 Å². The normalized spacial score (nSPS) is 9.95. The summed E-state index contributed by atoms with van der Waals surface area (Å²) >= 11 is 0.238. The predicted octanol–water partition coefficient (Wildman–Crippen LogP) is 3.42. The van der Waals surface area contributed by atoms with Gasteiger partial charge >= 0.3 is 130 Å². The third-order valence-corrected chi connectivity index (χ3v) is 5.72. The summed E-state index contributed by atoms with van der Waals surface area (Å²) in [5, 5.41) is 8.95. The van der Waals surface area contributed by atoms with Gasteiger partial charge in [-0.25, -0.2) is 0 Å². The fourth-order valence-electron chi connectivity index (χ4n) is 2.17. The molecule has 1 N–H and O–H groups in total. The molecular weight excluding hydrogens is 323 g/mol. The Kier molecular flexibility index (Phi) is 4.38. The van der Waals surface area contributed by atoms with Gasteiger partial charge in [0.2, 0.25) is 0 Å². The molecule has 0 saturated carbocycles. The third-order valence-electron chi connectivity index (χ3n) is 3.13. The molecule has 2 aromatic carbocycles. The zero-order chi connectivity index (χ0) is 14.5. The molecule has 1 aromatic heterocycles. The van der Waals surface area contributed by atoms with Crippen LogP contribution in [0.3, 0.4) is 0 Å². The zero-order valence-electron chi connectivity index (χ0n) is 11.4. The monoisotopic (exact) mass is 338 g/mol. The summed E-state index contributed by atoms with van der Waals surface area (Å²) < 4.78 is 2.63. The second-order valence-corrected chi connectivity index (χ2v) is 6.75. The van der Waals surface area contributed by atoms with Gasteiger partial charge in [0, 0.05) is 0 Å². The molecule has 0 aliphatic carbocycles. The van der Waals surface area contributed by atoms with Crippen LogP contribution < -0.4 is 0 Å². The Morgan fingerprint density at radius 2 is 1.48 bits per heavy atom. The maximum absolute atomic E-state index is 8.95. The molecule has 0 unspecified atom stereocenters. The van der Waals surface area contributed by atoms with Gasteiger partial charge in [-0.2, -0.15) is 0 Å². The van der Waals surface area contributed by atoms with Crippen molar-refractivity contribution in [3.63, 3.8) is 0 Å². The van der Waals surface area contributed by atoms with E-state index in [9.17, 15) is 0 Å². The predicted molar refractivity (Wildman–Crippen MR) is 88.2 cm³/mol. The van der Waals surface area contributed by atoms with Crippen molar-refractivity contribution in [3.05, 3.63) is 72.3 Å². The van der Waals surface area contributed by atoms with E-state index in [-0.39, 0.29) is 21.1 Å². The van der Waals surface area contributed by atoms with Crippen LogP contribution in [0.15, 0.2) is 66.7 Å². The van der Waals surface area contributed by atoms with Crippen LogP contribution in [0.1, 0.15) is 5.56 Å². The number of hydrogen-bond donors (Lipinski definition) is 1. The standard InChI is InChI=1S/C19H14OSe/c20-13-7-12-17-14-18(15-8-3-1-4-9-15)21-19(17)16-10-5-2-6-11-16/h1-6,8-11,14,20H,13H2. The van der Waals surface area contributed by atoms with Gasteiger partial charge in [0.05, 0.1) is 0 Å². The van der Waals surface area contributed by atoms with Gasteiger partial charge in [-0.1, -0.05) is 0 Å². The van der Waals surface area contributed by atoms with Gasteiger partial charge in [0.1, 0.15) is 0 Å². The minimum atomic E-state index is -0.104. The van der Waals surface area contributed by atoms with Crippen molar-refractivity contribution < 1.29 is 5.11 Å². The van der Waals surface area contributed by atoms with Crippen molar-refractivity contribution in [1.82, 2.24) is 0 Å². The van der Waals surface area contributed by atoms with E-state index in [1.165, 1.54) is 20.0 Å². The average molecular weight is 337 g/mol. The van der Waals surface area contributed by atoms with E-state index in [0.717, 1.165) is 5.56 Å². The zero-order valence-corrected chi connectivity index (χ0v) is 13.1. The quantitative estimate of drug-likeness (QED) is 0.561. The molecule has 21 heavy (non-hydrogen) atoms. The first-order valence-electron chi connectivity index (χ1n) is 6.73. The number of aliphatic hydroxyl groups is 1. The van der Waals surface area contributed by atoms with Crippen molar-refractivity contribution in [2.24, 2.45) is 0 Å². The van der Waals surface area contributed by atoms with Gasteiger partial charge < -0.3 is 0 Å². The first-order chi connectivity index (χ1) is 10.4. The van der Waals surface area contributed by atoms with Crippen LogP contribution >= 0.6 is 0 Å². The van der Waals surface area contributed by atoms with Crippen LogP contribution in [0.2, 0.25) is 0 Å². The molecule has 0 amide bonds. The Balaban J connectivity index is 2.12. The fourth-order valence-corrected chi connectivity index (χ4v) is 4.53. The maximum atomic E-state index is 8.95. The van der Waals surface area contributed by atoms with Crippen LogP contribution in [-0.2, 0) is 0 Å².